The van der Waals surface area contributed by atoms with Crippen LogP contribution in [-0.2, 0) is 5.72 Å². The number of aliphatic hydroxyl groups is 1. The smallest absolute Gasteiger partial charge is 0.261 e. The van der Waals surface area contributed by atoms with Crippen LogP contribution >= 0.6 is 0 Å². The van der Waals surface area contributed by atoms with Gasteiger partial charge in [0.15, 0.2) is 5.72 Å². The zero-order chi connectivity index (χ0) is 16.7. The zero-order valence-corrected chi connectivity index (χ0v) is 13.6. The molecule has 1 amide bonds. The Morgan fingerprint density at radius 3 is 2.50 bits per heavy atom. The van der Waals surface area contributed by atoms with E-state index in [1.807, 2.05) is 67.6 Å². The number of carbonyl (C=O) groups excluding carboxylic acids is 1. The Bertz CT molecular complexity index is 864. The van der Waals surface area contributed by atoms with Gasteiger partial charge >= 0.3 is 0 Å². The molecule has 0 saturated heterocycles. The molecule has 1 unspecified atom stereocenters. The minimum Gasteiger partial charge on any atom is -0.363 e. The first-order chi connectivity index (χ1) is 11.6. The number of hydrogen-bond donors (Lipinski definition) is 1. The maximum absolute atomic E-state index is 13.1. The molecule has 0 fully saturated rings. The molecule has 120 valence electrons. The molecule has 0 radical (unpaired) electrons. The molecule has 3 heteroatoms. The molecule has 1 aliphatic carbocycles. The SMILES string of the molecule is Cc1ccc(N2C(=O)c3ccccc3C2(O)C2=CCCC=C2)cc1. The summed E-state index contributed by atoms with van der Waals surface area (Å²) < 4.78 is 0. The normalized spacial score (nSPS) is 22.5. The lowest BCUT2D eigenvalue weighted by molar-refractivity contribution is 0.0696. The molecule has 1 atom stereocenters. The molecule has 1 N–H and O–H groups in total. The van der Waals surface area contributed by atoms with Crippen LogP contribution in [0.25, 0.3) is 0 Å². The highest BCUT2D eigenvalue weighted by molar-refractivity contribution is 6.12. The Kier molecular flexibility index (Phi) is 3.39. The van der Waals surface area contributed by atoms with Gasteiger partial charge in [0, 0.05) is 22.4 Å². The number of carbonyl (C=O) groups is 1. The first kappa shape index (κ1) is 14.9. The lowest BCUT2D eigenvalue weighted by Crippen LogP contribution is -2.45. The average Bonchev–Trinajstić information content (AvgIpc) is 2.86. The van der Waals surface area contributed by atoms with Crippen molar-refractivity contribution >= 4 is 11.6 Å². The largest absolute Gasteiger partial charge is 0.363 e. The Morgan fingerprint density at radius 1 is 1.04 bits per heavy atom. The Morgan fingerprint density at radius 2 is 1.79 bits per heavy atom. The summed E-state index contributed by atoms with van der Waals surface area (Å²) in [4.78, 5) is 14.6. The lowest BCUT2D eigenvalue weighted by atomic mass is 9.90. The van der Waals surface area contributed by atoms with Crippen LogP contribution in [0, 0.1) is 6.92 Å². The van der Waals surface area contributed by atoms with Crippen LogP contribution in [0.1, 0.15) is 34.3 Å². The molecule has 0 saturated carbocycles. The van der Waals surface area contributed by atoms with Gasteiger partial charge < -0.3 is 5.11 Å². The minimum atomic E-state index is -1.46. The Hall–Kier alpha value is -2.65. The van der Waals surface area contributed by atoms with E-state index in [1.54, 1.807) is 6.07 Å². The maximum atomic E-state index is 13.1. The van der Waals surface area contributed by atoms with Gasteiger partial charge in [-0.25, -0.2) is 0 Å². The predicted molar refractivity (Wildman–Crippen MR) is 94.8 cm³/mol. The first-order valence-electron chi connectivity index (χ1n) is 8.22. The number of allylic oxidation sites excluding steroid dienone is 2. The highest BCUT2D eigenvalue weighted by Crippen LogP contribution is 2.46. The first-order valence-corrected chi connectivity index (χ1v) is 8.22. The summed E-state index contributed by atoms with van der Waals surface area (Å²) in [6.07, 6.45) is 7.83. The van der Waals surface area contributed by atoms with E-state index in [-0.39, 0.29) is 5.91 Å². The van der Waals surface area contributed by atoms with Gasteiger partial charge in [0.1, 0.15) is 0 Å². The van der Waals surface area contributed by atoms with E-state index >= 15 is 0 Å². The molecule has 1 aliphatic heterocycles. The van der Waals surface area contributed by atoms with Crippen molar-refractivity contribution in [2.24, 2.45) is 0 Å². The summed E-state index contributed by atoms with van der Waals surface area (Å²) in [6, 6.07) is 15.0. The van der Waals surface area contributed by atoms with Crippen molar-refractivity contribution in [3.8, 4) is 0 Å². The van der Waals surface area contributed by atoms with Gasteiger partial charge in [0.2, 0.25) is 0 Å². The van der Waals surface area contributed by atoms with Crippen LogP contribution in [0.2, 0.25) is 0 Å². The zero-order valence-electron chi connectivity index (χ0n) is 13.6. The number of fused-ring (bicyclic) bond motifs is 1. The van der Waals surface area contributed by atoms with Gasteiger partial charge in [-0.3, -0.25) is 9.69 Å². The van der Waals surface area contributed by atoms with Crippen LogP contribution < -0.4 is 4.90 Å². The summed E-state index contributed by atoms with van der Waals surface area (Å²) >= 11 is 0. The Balaban J connectivity index is 1.94. The third-order valence-electron chi connectivity index (χ3n) is 4.75. The molecular weight excluding hydrogens is 298 g/mol. The predicted octanol–water partition coefficient (Wildman–Crippen LogP) is 4.08. The fourth-order valence-corrected chi connectivity index (χ4v) is 3.52. The molecular formula is C21H19NO2. The van der Waals surface area contributed by atoms with Crippen molar-refractivity contribution in [1.82, 2.24) is 0 Å². The second-order valence-electron chi connectivity index (χ2n) is 6.33. The van der Waals surface area contributed by atoms with Crippen molar-refractivity contribution in [3.63, 3.8) is 0 Å². The maximum Gasteiger partial charge on any atom is 0.261 e. The summed E-state index contributed by atoms with van der Waals surface area (Å²) in [5, 5.41) is 11.7. The highest BCUT2D eigenvalue weighted by atomic mass is 16.3. The molecule has 4 rings (SSSR count). The van der Waals surface area contributed by atoms with Crippen molar-refractivity contribution in [2.75, 3.05) is 4.90 Å². The number of rotatable bonds is 2. The third-order valence-corrected chi connectivity index (χ3v) is 4.75. The van der Waals surface area contributed by atoms with Crippen molar-refractivity contribution in [2.45, 2.75) is 25.5 Å². The van der Waals surface area contributed by atoms with E-state index in [9.17, 15) is 9.90 Å². The number of nitrogens with zero attached hydrogens (tertiary/aromatic N) is 1. The third kappa shape index (κ3) is 2.05. The second-order valence-corrected chi connectivity index (χ2v) is 6.33. The quantitative estimate of drug-likeness (QED) is 0.907. The van der Waals surface area contributed by atoms with Crippen LogP contribution in [-0.4, -0.2) is 11.0 Å². The van der Waals surface area contributed by atoms with Crippen LogP contribution in [0.4, 0.5) is 5.69 Å². The molecule has 2 aromatic carbocycles. The topological polar surface area (TPSA) is 40.5 Å². The average molecular weight is 317 g/mol. The number of hydrogen-bond acceptors (Lipinski definition) is 2. The molecule has 1 heterocycles. The Labute approximate surface area is 141 Å². The minimum absolute atomic E-state index is 0.170. The van der Waals surface area contributed by atoms with Gasteiger partial charge in [-0.15, -0.1) is 0 Å². The number of aryl methyl sites for hydroxylation is 1. The molecule has 2 aromatic rings. The summed E-state index contributed by atoms with van der Waals surface area (Å²) in [7, 11) is 0. The van der Waals surface area contributed by atoms with Gasteiger partial charge in [0.25, 0.3) is 5.91 Å². The van der Waals surface area contributed by atoms with Crippen LogP contribution in [0.5, 0.6) is 0 Å². The fraction of sp³-hybridized carbons (Fsp3) is 0.190. The summed E-state index contributed by atoms with van der Waals surface area (Å²) in [6.45, 7) is 2.00. The lowest BCUT2D eigenvalue weighted by Gasteiger charge is -2.36. The monoisotopic (exact) mass is 317 g/mol. The van der Waals surface area contributed by atoms with E-state index in [0.717, 1.165) is 24.0 Å². The second kappa shape index (κ2) is 5.46. The molecule has 0 aromatic heterocycles. The molecule has 0 spiro atoms. The highest BCUT2D eigenvalue weighted by Gasteiger charge is 2.51. The number of anilines is 1. The van der Waals surface area contributed by atoms with Gasteiger partial charge in [-0.2, -0.15) is 0 Å². The standard InChI is InChI=1S/C21H19NO2/c1-15-11-13-17(14-12-15)22-20(23)18-9-5-6-10-19(18)21(22,24)16-7-3-2-4-8-16/h3,5-14,24H,2,4H2,1H3. The van der Waals surface area contributed by atoms with E-state index in [4.69, 9.17) is 0 Å². The number of amides is 1. The summed E-state index contributed by atoms with van der Waals surface area (Å²) in [5.74, 6) is -0.170. The van der Waals surface area contributed by atoms with Crippen LogP contribution in [0.3, 0.4) is 0 Å². The van der Waals surface area contributed by atoms with E-state index < -0.39 is 5.72 Å². The van der Waals surface area contributed by atoms with Crippen LogP contribution in [0.15, 0.2) is 72.3 Å². The molecule has 2 aliphatic rings. The van der Waals surface area contributed by atoms with Gasteiger partial charge in [-0.1, -0.05) is 54.1 Å². The van der Waals surface area contributed by atoms with Gasteiger partial charge in [0.05, 0.1) is 0 Å². The molecule has 24 heavy (non-hydrogen) atoms. The van der Waals surface area contributed by atoms with E-state index in [0.29, 0.717) is 16.8 Å². The van der Waals surface area contributed by atoms with Crippen molar-refractivity contribution < 1.29 is 9.90 Å². The van der Waals surface area contributed by atoms with E-state index in [2.05, 4.69) is 0 Å². The molecule has 0 bridgehead atoms. The van der Waals surface area contributed by atoms with E-state index in [1.165, 1.54) is 4.90 Å². The van der Waals surface area contributed by atoms with Crippen molar-refractivity contribution in [3.05, 3.63) is 89.0 Å². The summed E-state index contributed by atoms with van der Waals surface area (Å²) in [5.41, 5.74) is 2.31. The van der Waals surface area contributed by atoms with Gasteiger partial charge in [-0.05, 0) is 38.0 Å². The molecule has 3 nitrogen and oxygen atoms in total. The fourth-order valence-electron chi connectivity index (χ4n) is 3.52. The number of benzene rings is 2. The van der Waals surface area contributed by atoms with Crippen molar-refractivity contribution in [1.29, 1.82) is 0 Å².